The molecule has 0 radical (unpaired) electrons. The summed E-state index contributed by atoms with van der Waals surface area (Å²) in [5, 5.41) is 10.3. The average molecular weight is 477 g/mol. The fourth-order valence-electron chi connectivity index (χ4n) is 3.64. The van der Waals surface area contributed by atoms with Crippen LogP contribution in [0.5, 0.6) is 0 Å². The van der Waals surface area contributed by atoms with Crippen molar-refractivity contribution in [2.24, 2.45) is 5.92 Å². The highest BCUT2D eigenvalue weighted by Gasteiger charge is 2.39. The molecule has 1 rings (SSSR count). The van der Waals surface area contributed by atoms with E-state index >= 15 is 0 Å². The number of rotatable bonds is 15. The van der Waals surface area contributed by atoms with E-state index in [1.54, 1.807) is 12.2 Å². The maximum atomic E-state index is 11.8. The first-order valence-electron chi connectivity index (χ1n) is 11.3. The van der Waals surface area contributed by atoms with Gasteiger partial charge >= 0.3 is 5.97 Å². The normalized spacial score (nSPS) is 25.4. The van der Waals surface area contributed by atoms with Gasteiger partial charge in [-0.3, -0.25) is 8.98 Å². The summed E-state index contributed by atoms with van der Waals surface area (Å²) in [6.45, 7) is 2.11. The van der Waals surface area contributed by atoms with Gasteiger partial charge in [0.05, 0.1) is 31.7 Å². The van der Waals surface area contributed by atoms with Crippen LogP contribution >= 0.6 is 0 Å². The molecule has 1 saturated heterocycles. The Hall–Kier alpha value is -1.26. The zero-order valence-electron chi connectivity index (χ0n) is 19.8. The third kappa shape index (κ3) is 12.1. The van der Waals surface area contributed by atoms with Gasteiger partial charge in [0.2, 0.25) is 0 Å². The lowest BCUT2D eigenvalue weighted by Gasteiger charge is -2.39. The molecule has 1 heterocycles. The standard InChI is InChI=1S/C23H40O8S/c1-5-6-9-12-18(24)15-16-20-19(13-10-7-8-11-14-22(25)28-2)21(31-32(4,26)27)17-23(29-3)30-20/h7,10,15-16,18-21,23-24H,5-6,8-9,11-14,17H2,1-4H3/b10-7-,16-15+/t18-,19+,20+,21+,23-/m0/s1. The van der Waals surface area contributed by atoms with Gasteiger partial charge in [0.1, 0.15) is 0 Å². The third-order valence-electron chi connectivity index (χ3n) is 5.38. The highest BCUT2D eigenvalue weighted by molar-refractivity contribution is 7.86. The largest absolute Gasteiger partial charge is 0.469 e. The van der Waals surface area contributed by atoms with Crippen LogP contribution in [-0.2, 0) is 33.3 Å². The van der Waals surface area contributed by atoms with E-state index < -0.39 is 34.7 Å². The molecular formula is C23H40O8S. The summed E-state index contributed by atoms with van der Waals surface area (Å²) in [6.07, 6.45) is 12.5. The molecule has 1 fully saturated rings. The summed E-state index contributed by atoms with van der Waals surface area (Å²) in [5.41, 5.74) is 0. The smallest absolute Gasteiger partial charge is 0.305 e. The minimum Gasteiger partial charge on any atom is -0.469 e. The number of esters is 1. The van der Waals surface area contributed by atoms with Gasteiger partial charge in [-0.15, -0.1) is 0 Å². The van der Waals surface area contributed by atoms with Crippen LogP contribution in [0, 0.1) is 5.92 Å². The minimum absolute atomic E-state index is 0.242. The van der Waals surface area contributed by atoms with Gasteiger partial charge < -0.3 is 19.3 Å². The molecule has 186 valence electrons. The van der Waals surface area contributed by atoms with Gasteiger partial charge in [0.15, 0.2) is 6.29 Å². The molecule has 1 aliphatic heterocycles. The van der Waals surface area contributed by atoms with Crippen molar-refractivity contribution in [1.29, 1.82) is 0 Å². The molecule has 9 heteroatoms. The van der Waals surface area contributed by atoms with Crippen LogP contribution < -0.4 is 0 Å². The Labute approximate surface area is 193 Å². The first-order chi connectivity index (χ1) is 15.2. The Bertz CT molecular complexity index is 688. The number of methoxy groups -OCH3 is 2. The Morgan fingerprint density at radius 3 is 2.59 bits per heavy atom. The number of ether oxygens (including phenoxy) is 3. The molecule has 0 saturated carbocycles. The number of hydrogen-bond donors (Lipinski definition) is 1. The fourth-order valence-corrected chi connectivity index (χ4v) is 4.31. The van der Waals surface area contributed by atoms with Crippen molar-refractivity contribution in [3.8, 4) is 0 Å². The van der Waals surface area contributed by atoms with Gasteiger partial charge in [-0.2, -0.15) is 8.42 Å². The second-order valence-electron chi connectivity index (χ2n) is 8.13. The van der Waals surface area contributed by atoms with E-state index in [9.17, 15) is 18.3 Å². The lowest BCUT2D eigenvalue weighted by Crippen LogP contribution is -2.45. The fraction of sp³-hybridized carbons (Fsp3) is 0.783. The molecule has 5 atom stereocenters. The van der Waals surface area contributed by atoms with E-state index in [-0.39, 0.29) is 18.3 Å². The lowest BCUT2D eigenvalue weighted by molar-refractivity contribution is -0.208. The SMILES string of the molecule is CCCCC[C@H](O)/C=C/[C@H]1O[C@H](OC)C[C@@H](OS(C)(=O)=O)[C@@H]1C/C=C\CCCC(=O)OC. The van der Waals surface area contributed by atoms with Crippen LogP contribution in [0.2, 0.25) is 0 Å². The highest BCUT2D eigenvalue weighted by atomic mass is 32.2. The predicted octanol–water partition coefficient (Wildman–Crippen LogP) is 3.50. The van der Waals surface area contributed by atoms with E-state index in [2.05, 4.69) is 11.7 Å². The second kappa shape index (κ2) is 15.6. The molecule has 0 spiro atoms. The maximum Gasteiger partial charge on any atom is 0.305 e. The summed E-state index contributed by atoms with van der Waals surface area (Å²) in [5.74, 6) is -0.513. The molecule has 0 bridgehead atoms. The first-order valence-corrected chi connectivity index (χ1v) is 13.2. The first kappa shape index (κ1) is 28.8. The van der Waals surface area contributed by atoms with Crippen LogP contribution in [0.3, 0.4) is 0 Å². The van der Waals surface area contributed by atoms with Crippen molar-refractivity contribution in [2.45, 2.75) is 89.3 Å². The highest BCUT2D eigenvalue weighted by Crippen LogP contribution is 2.33. The number of carbonyl (C=O) groups excluding carboxylic acids is 1. The molecule has 8 nitrogen and oxygen atoms in total. The van der Waals surface area contributed by atoms with Crippen molar-refractivity contribution in [1.82, 2.24) is 0 Å². The van der Waals surface area contributed by atoms with Gasteiger partial charge in [-0.1, -0.05) is 50.5 Å². The van der Waals surface area contributed by atoms with E-state index in [0.29, 0.717) is 32.1 Å². The summed E-state index contributed by atoms with van der Waals surface area (Å²) in [7, 11) is -0.800. The zero-order valence-corrected chi connectivity index (χ0v) is 20.6. The quantitative estimate of drug-likeness (QED) is 0.166. The summed E-state index contributed by atoms with van der Waals surface area (Å²) in [4.78, 5) is 11.2. The van der Waals surface area contributed by atoms with Crippen LogP contribution in [0.25, 0.3) is 0 Å². The average Bonchev–Trinajstić information content (AvgIpc) is 2.74. The number of allylic oxidation sites excluding steroid dienone is 2. The summed E-state index contributed by atoms with van der Waals surface area (Å²) >= 11 is 0. The van der Waals surface area contributed by atoms with Crippen molar-refractivity contribution in [2.75, 3.05) is 20.5 Å². The van der Waals surface area contributed by atoms with Crippen LogP contribution in [-0.4, -0.2) is 64.6 Å². The number of hydrogen-bond acceptors (Lipinski definition) is 8. The Kier molecular flexibility index (Phi) is 14.0. The molecule has 32 heavy (non-hydrogen) atoms. The van der Waals surface area contributed by atoms with Crippen LogP contribution in [0.1, 0.15) is 64.7 Å². The molecule has 0 aromatic rings. The van der Waals surface area contributed by atoms with E-state index in [1.807, 2.05) is 12.2 Å². The van der Waals surface area contributed by atoms with Crippen molar-refractivity contribution in [3.05, 3.63) is 24.3 Å². The van der Waals surface area contributed by atoms with Gasteiger partial charge in [0, 0.05) is 25.9 Å². The van der Waals surface area contributed by atoms with Crippen molar-refractivity contribution >= 4 is 16.1 Å². The molecule has 1 aliphatic rings. The number of unbranched alkanes of at least 4 members (excludes halogenated alkanes) is 3. The molecular weight excluding hydrogens is 436 g/mol. The Morgan fingerprint density at radius 1 is 1.22 bits per heavy atom. The number of carbonyl (C=O) groups is 1. The van der Waals surface area contributed by atoms with Crippen LogP contribution in [0.15, 0.2) is 24.3 Å². The van der Waals surface area contributed by atoms with E-state index in [1.165, 1.54) is 14.2 Å². The monoisotopic (exact) mass is 476 g/mol. The Balaban J connectivity index is 2.87. The predicted molar refractivity (Wildman–Crippen MR) is 122 cm³/mol. The van der Waals surface area contributed by atoms with Gasteiger partial charge in [-0.25, -0.2) is 0 Å². The van der Waals surface area contributed by atoms with Gasteiger partial charge in [-0.05, 0) is 25.7 Å². The van der Waals surface area contributed by atoms with E-state index in [0.717, 1.165) is 25.5 Å². The van der Waals surface area contributed by atoms with Crippen molar-refractivity contribution in [3.63, 3.8) is 0 Å². The zero-order chi connectivity index (χ0) is 24.0. The molecule has 0 aliphatic carbocycles. The molecule has 0 amide bonds. The number of aliphatic hydroxyl groups is 1. The third-order valence-corrected chi connectivity index (χ3v) is 5.97. The van der Waals surface area contributed by atoms with Gasteiger partial charge in [0.25, 0.3) is 10.1 Å². The van der Waals surface area contributed by atoms with E-state index in [4.69, 9.17) is 13.7 Å². The summed E-state index contributed by atoms with van der Waals surface area (Å²) < 4.78 is 45.0. The second-order valence-corrected chi connectivity index (χ2v) is 9.73. The lowest BCUT2D eigenvalue weighted by atomic mass is 9.87. The van der Waals surface area contributed by atoms with Crippen LogP contribution in [0.4, 0.5) is 0 Å². The molecule has 0 aromatic heterocycles. The topological polar surface area (TPSA) is 108 Å². The minimum atomic E-state index is -3.67. The molecule has 0 unspecified atom stereocenters. The summed E-state index contributed by atoms with van der Waals surface area (Å²) in [6, 6.07) is 0. The number of aliphatic hydroxyl groups excluding tert-OH is 1. The molecule has 0 aromatic carbocycles. The maximum absolute atomic E-state index is 11.8. The Morgan fingerprint density at radius 2 is 1.97 bits per heavy atom. The van der Waals surface area contributed by atoms with Crippen molar-refractivity contribution < 1.29 is 36.7 Å². The molecule has 1 N–H and O–H groups in total.